The zero-order valence-corrected chi connectivity index (χ0v) is 10.7. The van der Waals surface area contributed by atoms with Crippen LogP contribution in [0.3, 0.4) is 0 Å². The van der Waals surface area contributed by atoms with E-state index in [2.05, 4.69) is 9.88 Å². The van der Waals surface area contributed by atoms with Crippen molar-refractivity contribution in [2.24, 2.45) is 0 Å². The Kier molecular flexibility index (Phi) is 2.97. The topological polar surface area (TPSA) is 65.1 Å². The molecular weight excluding hydrogens is 228 g/mol. The van der Waals surface area contributed by atoms with Crippen molar-refractivity contribution >= 4 is 5.82 Å². The molecule has 1 aromatic heterocycles. The van der Waals surface area contributed by atoms with Gasteiger partial charge in [0.05, 0.1) is 5.69 Å². The molecule has 2 aliphatic rings. The highest BCUT2D eigenvalue weighted by Gasteiger charge is 2.23. The van der Waals surface area contributed by atoms with Crippen molar-refractivity contribution in [1.29, 1.82) is 5.41 Å². The number of fused-ring (bicyclic) bond motifs is 1. The van der Waals surface area contributed by atoms with E-state index in [0.29, 0.717) is 0 Å². The van der Waals surface area contributed by atoms with Crippen LogP contribution in [-0.2, 0) is 12.8 Å². The van der Waals surface area contributed by atoms with Gasteiger partial charge in [-0.1, -0.05) is 0 Å². The second kappa shape index (κ2) is 4.63. The fourth-order valence-electron chi connectivity index (χ4n) is 3.07. The standard InChI is InChI=1S/C13H20N4O/c14-13-15-12(16-8-4-1-5-9-16)10-6-2-3-7-11(10)17(13)18/h14,18H,1-9H2. The molecular formula is C13H20N4O. The first-order chi connectivity index (χ1) is 8.77. The van der Waals surface area contributed by atoms with E-state index in [1.807, 2.05) is 0 Å². The van der Waals surface area contributed by atoms with Crippen LogP contribution in [0.4, 0.5) is 5.82 Å². The van der Waals surface area contributed by atoms with Crippen LogP contribution in [0.5, 0.6) is 0 Å². The predicted octanol–water partition coefficient (Wildman–Crippen LogP) is 1.47. The third-order valence-corrected chi connectivity index (χ3v) is 4.03. The number of hydrogen-bond donors (Lipinski definition) is 2. The van der Waals surface area contributed by atoms with Gasteiger partial charge in [0.1, 0.15) is 5.82 Å². The molecule has 1 saturated heterocycles. The van der Waals surface area contributed by atoms with E-state index < -0.39 is 0 Å². The van der Waals surface area contributed by atoms with Crippen molar-refractivity contribution < 1.29 is 5.21 Å². The molecule has 0 amide bonds. The number of hydrogen-bond acceptors (Lipinski definition) is 4. The number of nitrogens with one attached hydrogen (secondary N) is 1. The van der Waals surface area contributed by atoms with Crippen molar-refractivity contribution in [2.45, 2.75) is 44.9 Å². The highest BCUT2D eigenvalue weighted by Crippen LogP contribution is 2.28. The lowest BCUT2D eigenvalue weighted by atomic mass is 9.95. The Labute approximate surface area is 107 Å². The Morgan fingerprint density at radius 2 is 1.72 bits per heavy atom. The molecule has 0 saturated carbocycles. The first-order valence-electron chi connectivity index (χ1n) is 6.91. The molecule has 18 heavy (non-hydrogen) atoms. The average Bonchev–Trinajstić information content (AvgIpc) is 2.44. The Morgan fingerprint density at radius 1 is 1.00 bits per heavy atom. The summed E-state index contributed by atoms with van der Waals surface area (Å²) in [5.41, 5.74) is 2.04. The smallest absolute Gasteiger partial charge is 0.257 e. The van der Waals surface area contributed by atoms with Crippen molar-refractivity contribution in [3.63, 3.8) is 0 Å². The maximum Gasteiger partial charge on any atom is 0.257 e. The predicted molar refractivity (Wildman–Crippen MR) is 68.0 cm³/mol. The molecule has 0 atom stereocenters. The van der Waals surface area contributed by atoms with Crippen LogP contribution in [0.25, 0.3) is 0 Å². The Hall–Kier alpha value is -1.52. The molecule has 98 valence electrons. The lowest BCUT2D eigenvalue weighted by Gasteiger charge is -2.31. The largest absolute Gasteiger partial charge is 0.425 e. The number of nitrogens with zero attached hydrogens (tertiary/aromatic N) is 3. The molecule has 0 bridgehead atoms. The maximum atomic E-state index is 9.91. The molecule has 0 unspecified atom stereocenters. The number of rotatable bonds is 1. The SMILES string of the molecule is N=c1nc(N2CCCCC2)c2c(n1O)CCCC2. The molecule has 5 heteroatoms. The molecule has 2 N–H and O–H groups in total. The summed E-state index contributed by atoms with van der Waals surface area (Å²) < 4.78 is 0.974. The van der Waals surface area contributed by atoms with Gasteiger partial charge < -0.3 is 10.1 Å². The lowest BCUT2D eigenvalue weighted by molar-refractivity contribution is 0.152. The van der Waals surface area contributed by atoms with Crippen molar-refractivity contribution in [3.05, 3.63) is 16.9 Å². The van der Waals surface area contributed by atoms with Gasteiger partial charge in [-0.05, 0) is 44.9 Å². The van der Waals surface area contributed by atoms with Crippen LogP contribution in [0.15, 0.2) is 0 Å². The van der Waals surface area contributed by atoms with E-state index in [9.17, 15) is 5.21 Å². The first-order valence-corrected chi connectivity index (χ1v) is 6.91. The molecule has 1 fully saturated rings. The second-order valence-corrected chi connectivity index (χ2v) is 5.25. The summed E-state index contributed by atoms with van der Waals surface area (Å²) >= 11 is 0. The summed E-state index contributed by atoms with van der Waals surface area (Å²) in [5.74, 6) is 0.958. The maximum absolute atomic E-state index is 9.91. The highest BCUT2D eigenvalue weighted by atomic mass is 16.5. The third kappa shape index (κ3) is 1.87. The molecule has 1 aliphatic carbocycles. The fourth-order valence-corrected chi connectivity index (χ4v) is 3.07. The van der Waals surface area contributed by atoms with Crippen LogP contribution in [-0.4, -0.2) is 28.0 Å². The Balaban J connectivity index is 2.07. The van der Waals surface area contributed by atoms with Gasteiger partial charge in [0.25, 0.3) is 5.62 Å². The molecule has 1 aliphatic heterocycles. The normalized spacial score (nSPS) is 19.7. The van der Waals surface area contributed by atoms with Gasteiger partial charge in [0, 0.05) is 18.7 Å². The minimum Gasteiger partial charge on any atom is -0.425 e. The summed E-state index contributed by atoms with van der Waals surface area (Å²) in [7, 11) is 0. The van der Waals surface area contributed by atoms with Crippen molar-refractivity contribution in [3.8, 4) is 0 Å². The summed E-state index contributed by atoms with van der Waals surface area (Å²) in [6, 6.07) is 0. The van der Waals surface area contributed by atoms with Crippen LogP contribution >= 0.6 is 0 Å². The zero-order chi connectivity index (χ0) is 12.5. The molecule has 0 radical (unpaired) electrons. The second-order valence-electron chi connectivity index (χ2n) is 5.25. The average molecular weight is 248 g/mol. The molecule has 0 aromatic carbocycles. The van der Waals surface area contributed by atoms with E-state index in [4.69, 9.17) is 5.41 Å². The van der Waals surface area contributed by atoms with Crippen LogP contribution in [0.2, 0.25) is 0 Å². The summed E-state index contributed by atoms with van der Waals surface area (Å²) in [6.45, 7) is 2.07. The molecule has 1 aromatic rings. The van der Waals surface area contributed by atoms with E-state index in [-0.39, 0.29) is 5.62 Å². The molecule has 3 rings (SSSR count). The third-order valence-electron chi connectivity index (χ3n) is 4.03. The fraction of sp³-hybridized carbons (Fsp3) is 0.692. The van der Waals surface area contributed by atoms with Gasteiger partial charge in [-0.2, -0.15) is 9.71 Å². The van der Waals surface area contributed by atoms with Crippen LogP contribution < -0.4 is 10.5 Å². The van der Waals surface area contributed by atoms with E-state index in [1.165, 1.54) is 24.8 Å². The minimum atomic E-state index is -0.0313. The van der Waals surface area contributed by atoms with Gasteiger partial charge in [0.2, 0.25) is 0 Å². The Morgan fingerprint density at radius 3 is 2.50 bits per heavy atom. The van der Waals surface area contributed by atoms with Gasteiger partial charge >= 0.3 is 0 Å². The summed E-state index contributed by atoms with van der Waals surface area (Å²) in [5, 5.41) is 17.7. The molecule has 2 heterocycles. The summed E-state index contributed by atoms with van der Waals surface area (Å²) in [6.07, 6.45) is 7.80. The molecule has 5 nitrogen and oxygen atoms in total. The van der Waals surface area contributed by atoms with Gasteiger partial charge in [-0.25, -0.2) is 0 Å². The lowest BCUT2D eigenvalue weighted by Crippen LogP contribution is -2.36. The number of anilines is 1. The van der Waals surface area contributed by atoms with Gasteiger partial charge in [-0.15, -0.1) is 0 Å². The Bertz CT molecular complexity index is 502. The highest BCUT2D eigenvalue weighted by molar-refractivity contribution is 5.49. The van der Waals surface area contributed by atoms with Gasteiger partial charge in [-0.3, -0.25) is 5.41 Å². The monoisotopic (exact) mass is 248 g/mol. The zero-order valence-electron chi connectivity index (χ0n) is 10.7. The molecule has 0 spiro atoms. The first kappa shape index (κ1) is 11.6. The quantitative estimate of drug-likeness (QED) is 0.740. The van der Waals surface area contributed by atoms with E-state index >= 15 is 0 Å². The number of piperidine rings is 1. The van der Waals surface area contributed by atoms with Gasteiger partial charge in [0.15, 0.2) is 0 Å². The van der Waals surface area contributed by atoms with Crippen LogP contribution in [0, 0.1) is 5.41 Å². The van der Waals surface area contributed by atoms with E-state index in [1.54, 1.807) is 0 Å². The van der Waals surface area contributed by atoms with Crippen molar-refractivity contribution in [2.75, 3.05) is 18.0 Å². The number of aromatic nitrogens is 2. The van der Waals surface area contributed by atoms with Crippen LogP contribution in [0.1, 0.15) is 43.4 Å². The minimum absolute atomic E-state index is 0.0313. The van der Waals surface area contributed by atoms with E-state index in [0.717, 1.165) is 55.0 Å². The van der Waals surface area contributed by atoms with Crippen molar-refractivity contribution in [1.82, 2.24) is 9.71 Å². The summed E-state index contributed by atoms with van der Waals surface area (Å²) in [4.78, 5) is 6.61.